The summed E-state index contributed by atoms with van der Waals surface area (Å²) < 4.78 is 20.2. The molecule has 7 nitrogen and oxygen atoms in total. The van der Waals surface area contributed by atoms with Crippen LogP contribution < -0.4 is 10.2 Å². The number of fused-ring (bicyclic) bond motifs is 1. The minimum absolute atomic E-state index is 0.0975. The fourth-order valence-corrected chi connectivity index (χ4v) is 5.29. The summed E-state index contributed by atoms with van der Waals surface area (Å²) in [7, 11) is 0. The van der Waals surface area contributed by atoms with Crippen LogP contribution in [-0.2, 0) is 19.1 Å². The summed E-state index contributed by atoms with van der Waals surface area (Å²) >= 11 is 0. The zero-order valence-corrected chi connectivity index (χ0v) is 19.3. The van der Waals surface area contributed by atoms with E-state index < -0.39 is 47.0 Å². The van der Waals surface area contributed by atoms with Crippen LogP contribution in [0.15, 0.2) is 48.5 Å². The number of hydrogen-bond acceptors (Lipinski definition) is 6. The lowest BCUT2D eigenvalue weighted by Crippen LogP contribution is -2.56. The molecule has 2 heterocycles. The number of carbonyl (C=O) groups is 4. The Morgan fingerprint density at radius 1 is 1.09 bits per heavy atom. The van der Waals surface area contributed by atoms with Crippen LogP contribution in [0, 0.1) is 17.7 Å². The number of carbonyl (C=O) groups excluding carboxylic acids is 4. The van der Waals surface area contributed by atoms with Gasteiger partial charge in [-0.15, -0.1) is 0 Å². The van der Waals surface area contributed by atoms with Gasteiger partial charge in [-0.3, -0.25) is 24.5 Å². The van der Waals surface area contributed by atoms with Crippen molar-refractivity contribution in [3.05, 3.63) is 65.5 Å². The summed E-state index contributed by atoms with van der Waals surface area (Å²) in [5, 5.41) is 3.17. The number of nitrogens with one attached hydrogen (secondary N) is 1. The standard InChI is InChI=1S/C26H27FN2O5/c1-4-13-26(25(33)34-5-2)21-20(22(28-26)18-11-6-7-12-19(18)27)23(31)29(24(21)32)17-10-8-9-16(14-17)15(3)30/h6-12,14,20-22,28H,4-5,13H2,1-3H3/t20-,21+,22-,26+/m1/s1. The van der Waals surface area contributed by atoms with E-state index in [0.717, 1.165) is 4.90 Å². The van der Waals surface area contributed by atoms with Crippen molar-refractivity contribution in [1.82, 2.24) is 5.32 Å². The largest absolute Gasteiger partial charge is 0.465 e. The van der Waals surface area contributed by atoms with Crippen molar-refractivity contribution in [1.29, 1.82) is 0 Å². The number of rotatable bonds is 7. The van der Waals surface area contributed by atoms with Crippen LogP contribution in [0.4, 0.5) is 10.1 Å². The Bertz CT molecular complexity index is 1170. The first-order valence-electron chi connectivity index (χ1n) is 11.4. The van der Waals surface area contributed by atoms with Gasteiger partial charge in [0.25, 0.3) is 0 Å². The molecule has 0 saturated carbocycles. The third kappa shape index (κ3) is 3.62. The molecule has 2 aliphatic rings. The number of ether oxygens (including phenoxy) is 1. The van der Waals surface area contributed by atoms with Gasteiger partial charge >= 0.3 is 5.97 Å². The van der Waals surface area contributed by atoms with E-state index in [4.69, 9.17) is 4.74 Å². The summed E-state index contributed by atoms with van der Waals surface area (Å²) in [5.74, 6) is -4.58. The average Bonchev–Trinajstić information content (AvgIpc) is 3.29. The smallest absolute Gasteiger partial charge is 0.327 e. The monoisotopic (exact) mass is 466 g/mol. The van der Waals surface area contributed by atoms with E-state index in [0.29, 0.717) is 12.0 Å². The quantitative estimate of drug-likeness (QED) is 0.381. The normalized spacial score (nSPS) is 26.0. The third-order valence-corrected chi connectivity index (χ3v) is 6.69. The van der Waals surface area contributed by atoms with Gasteiger partial charge in [-0.1, -0.05) is 43.7 Å². The van der Waals surface area contributed by atoms with Crippen molar-refractivity contribution in [2.24, 2.45) is 11.8 Å². The molecule has 2 aliphatic heterocycles. The molecule has 0 aliphatic carbocycles. The van der Waals surface area contributed by atoms with Gasteiger partial charge in [0.15, 0.2) is 5.78 Å². The molecule has 34 heavy (non-hydrogen) atoms. The first-order valence-corrected chi connectivity index (χ1v) is 11.4. The topological polar surface area (TPSA) is 92.8 Å². The van der Waals surface area contributed by atoms with E-state index in [1.807, 2.05) is 6.92 Å². The van der Waals surface area contributed by atoms with Crippen LogP contribution in [0.1, 0.15) is 55.6 Å². The molecule has 2 fully saturated rings. The summed E-state index contributed by atoms with van der Waals surface area (Å²) in [6.07, 6.45) is 0.763. The highest BCUT2D eigenvalue weighted by atomic mass is 19.1. The van der Waals surface area contributed by atoms with E-state index in [9.17, 15) is 23.6 Å². The lowest BCUT2D eigenvalue weighted by molar-refractivity contribution is -0.155. The minimum Gasteiger partial charge on any atom is -0.465 e. The predicted octanol–water partition coefficient (Wildman–Crippen LogP) is 3.58. The summed E-state index contributed by atoms with van der Waals surface area (Å²) in [5.41, 5.74) is -0.676. The fraction of sp³-hybridized carbons (Fsp3) is 0.385. The maximum Gasteiger partial charge on any atom is 0.327 e. The number of anilines is 1. The van der Waals surface area contributed by atoms with Crippen molar-refractivity contribution < 1.29 is 28.3 Å². The number of halogens is 1. The van der Waals surface area contributed by atoms with Crippen LogP contribution in [0.3, 0.4) is 0 Å². The van der Waals surface area contributed by atoms with E-state index in [2.05, 4.69) is 5.32 Å². The van der Waals surface area contributed by atoms with Crippen molar-refractivity contribution in [3.63, 3.8) is 0 Å². The molecule has 0 spiro atoms. The maximum atomic E-state index is 14.9. The summed E-state index contributed by atoms with van der Waals surface area (Å²) in [4.78, 5) is 53.8. The molecule has 178 valence electrons. The van der Waals surface area contributed by atoms with Crippen LogP contribution in [0.5, 0.6) is 0 Å². The van der Waals surface area contributed by atoms with Gasteiger partial charge in [0, 0.05) is 17.2 Å². The Labute approximate surface area is 197 Å². The Hall–Kier alpha value is -3.39. The van der Waals surface area contributed by atoms with Gasteiger partial charge in [0.2, 0.25) is 11.8 Å². The van der Waals surface area contributed by atoms with Gasteiger partial charge in [-0.2, -0.15) is 0 Å². The molecule has 0 aromatic heterocycles. The number of amides is 2. The van der Waals surface area contributed by atoms with E-state index in [1.54, 1.807) is 37.3 Å². The second kappa shape index (κ2) is 9.10. The van der Waals surface area contributed by atoms with Crippen molar-refractivity contribution in [2.75, 3.05) is 11.5 Å². The maximum absolute atomic E-state index is 14.9. The Morgan fingerprint density at radius 3 is 2.47 bits per heavy atom. The molecule has 2 aromatic rings. The summed E-state index contributed by atoms with van der Waals surface area (Å²) in [6.45, 7) is 5.02. The first-order chi connectivity index (χ1) is 16.3. The van der Waals surface area contributed by atoms with Gasteiger partial charge in [-0.05, 0) is 38.5 Å². The minimum atomic E-state index is -1.48. The first kappa shape index (κ1) is 23.8. The molecule has 8 heteroatoms. The molecule has 2 amide bonds. The Kier molecular flexibility index (Phi) is 6.36. The van der Waals surface area contributed by atoms with Crippen LogP contribution >= 0.6 is 0 Å². The number of esters is 1. The van der Waals surface area contributed by atoms with Gasteiger partial charge in [-0.25, -0.2) is 9.29 Å². The van der Waals surface area contributed by atoms with Gasteiger partial charge < -0.3 is 4.74 Å². The summed E-state index contributed by atoms with van der Waals surface area (Å²) in [6, 6.07) is 11.4. The highest BCUT2D eigenvalue weighted by Crippen LogP contribution is 2.52. The lowest BCUT2D eigenvalue weighted by Gasteiger charge is -2.32. The molecule has 4 atom stereocenters. The van der Waals surface area contributed by atoms with E-state index >= 15 is 0 Å². The van der Waals surface area contributed by atoms with Crippen LogP contribution in [0.2, 0.25) is 0 Å². The van der Waals surface area contributed by atoms with E-state index in [-0.39, 0.29) is 30.1 Å². The predicted molar refractivity (Wildman–Crippen MR) is 122 cm³/mol. The van der Waals surface area contributed by atoms with Crippen LogP contribution in [0.25, 0.3) is 0 Å². The molecule has 0 bridgehead atoms. The number of benzene rings is 2. The second-order valence-corrected chi connectivity index (χ2v) is 8.71. The molecule has 4 rings (SSSR count). The van der Waals surface area contributed by atoms with E-state index in [1.165, 1.54) is 25.1 Å². The Morgan fingerprint density at radius 2 is 1.82 bits per heavy atom. The van der Waals surface area contributed by atoms with Crippen molar-refractivity contribution in [2.45, 2.75) is 45.2 Å². The zero-order valence-electron chi connectivity index (χ0n) is 19.3. The Balaban J connectivity index is 1.88. The molecule has 0 unspecified atom stereocenters. The molecular formula is C26H27FN2O5. The number of hydrogen-bond donors (Lipinski definition) is 1. The van der Waals surface area contributed by atoms with Crippen molar-refractivity contribution >= 4 is 29.3 Å². The number of ketones is 1. The van der Waals surface area contributed by atoms with Gasteiger partial charge in [0.05, 0.1) is 24.1 Å². The van der Waals surface area contributed by atoms with Crippen molar-refractivity contribution in [3.8, 4) is 0 Å². The molecular weight excluding hydrogens is 439 g/mol. The number of imide groups is 1. The average molecular weight is 467 g/mol. The molecule has 2 saturated heterocycles. The van der Waals surface area contributed by atoms with Gasteiger partial charge in [0.1, 0.15) is 11.4 Å². The lowest BCUT2D eigenvalue weighted by atomic mass is 9.77. The SMILES string of the molecule is CCC[C@]1(C(=O)OCC)N[C@H](c2ccccc2F)[C@@H]2C(=O)N(c3cccc(C(C)=O)c3)C(=O)[C@H]21. The highest BCUT2D eigenvalue weighted by Gasteiger charge is 2.68. The molecule has 1 N–H and O–H groups in total. The molecule has 2 aromatic carbocycles. The second-order valence-electron chi connectivity index (χ2n) is 8.71. The third-order valence-electron chi connectivity index (χ3n) is 6.69. The molecule has 0 radical (unpaired) electrons. The number of nitrogens with zero attached hydrogens (tertiary/aromatic N) is 1. The number of Topliss-reactive ketones (excluding diaryl/α,β-unsaturated/α-hetero) is 1. The fourth-order valence-electron chi connectivity index (χ4n) is 5.29. The zero-order chi connectivity index (χ0) is 24.6. The highest BCUT2D eigenvalue weighted by molar-refractivity contribution is 6.24. The van der Waals surface area contributed by atoms with Crippen LogP contribution in [-0.4, -0.2) is 35.7 Å².